The average Bonchev–Trinajstić information content (AvgIpc) is 2.32. The van der Waals surface area contributed by atoms with Crippen LogP contribution in [0.25, 0.3) is 0 Å². The van der Waals surface area contributed by atoms with Gasteiger partial charge in [-0.05, 0) is 30.9 Å². The number of aryl methyl sites for hydroxylation is 1. The molecule has 94 valence electrons. The average molecular weight is 235 g/mol. The molecule has 2 atom stereocenters. The molecule has 0 aromatic carbocycles. The maximum atomic E-state index is 9.94. The van der Waals surface area contributed by atoms with Crippen LogP contribution in [0.15, 0.2) is 12.3 Å². The second kappa shape index (κ2) is 5.02. The summed E-state index contributed by atoms with van der Waals surface area (Å²) in [7, 11) is 0. The number of nitrogens with two attached hydrogens (primary N) is 1. The van der Waals surface area contributed by atoms with Gasteiger partial charge in [-0.15, -0.1) is 0 Å². The van der Waals surface area contributed by atoms with E-state index in [0.717, 1.165) is 24.3 Å². The van der Waals surface area contributed by atoms with Gasteiger partial charge in [0.1, 0.15) is 5.82 Å². The van der Waals surface area contributed by atoms with E-state index in [1.54, 1.807) is 0 Å². The van der Waals surface area contributed by atoms with Gasteiger partial charge < -0.3 is 15.7 Å². The highest BCUT2D eigenvalue weighted by atomic mass is 16.3. The SMILES string of the molecule is Cc1ccnc(N2CCC(C)C(O)C2)c1CN. The summed E-state index contributed by atoms with van der Waals surface area (Å²) in [5.74, 6) is 1.32. The number of aliphatic hydroxyl groups excluding tert-OH is 1. The molecule has 0 spiro atoms. The molecular weight excluding hydrogens is 214 g/mol. The molecule has 3 N–H and O–H groups in total. The van der Waals surface area contributed by atoms with Crippen LogP contribution in [0.5, 0.6) is 0 Å². The van der Waals surface area contributed by atoms with Gasteiger partial charge in [0.2, 0.25) is 0 Å². The van der Waals surface area contributed by atoms with E-state index in [1.807, 2.05) is 12.3 Å². The maximum Gasteiger partial charge on any atom is 0.133 e. The minimum atomic E-state index is -0.267. The fourth-order valence-electron chi connectivity index (χ4n) is 2.34. The first-order chi connectivity index (χ1) is 8.13. The number of pyridine rings is 1. The standard InChI is InChI=1S/C13H21N3O/c1-9-3-5-15-13(11(9)7-14)16-6-4-10(2)12(17)8-16/h3,5,10,12,17H,4,6-8,14H2,1-2H3. The third-order valence-corrected chi connectivity index (χ3v) is 3.69. The normalized spacial score (nSPS) is 25.1. The largest absolute Gasteiger partial charge is 0.391 e. The van der Waals surface area contributed by atoms with Crippen molar-refractivity contribution in [1.82, 2.24) is 4.98 Å². The Hall–Kier alpha value is -1.13. The topological polar surface area (TPSA) is 62.4 Å². The van der Waals surface area contributed by atoms with E-state index in [1.165, 1.54) is 5.56 Å². The molecule has 1 aliphatic heterocycles. The molecule has 2 rings (SSSR count). The summed E-state index contributed by atoms with van der Waals surface area (Å²) in [5.41, 5.74) is 8.05. The van der Waals surface area contributed by atoms with Crippen molar-refractivity contribution in [2.45, 2.75) is 32.9 Å². The van der Waals surface area contributed by atoms with Gasteiger partial charge in [0, 0.05) is 31.4 Å². The van der Waals surface area contributed by atoms with E-state index in [2.05, 4.69) is 23.7 Å². The Balaban J connectivity index is 2.25. The van der Waals surface area contributed by atoms with Gasteiger partial charge in [-0.1, -0.05) is 6.92 Å². The Bertz CT molecular complexity index is 394. The molecule has 0 bridgehead atoms. The summed E-state index contributed by atoms with van der Waals surface area (Å²) < 4.78 is 0. The third kappa shape index (κ3) is 2.42. The van der Waals surface area contributed by atoms with Crippen molar-refractivity contribution in [3.05, 3.63) is 23.4 Å². The lowest BCUT2D eigenvalue weighted by molar-refractivity contribution is 0.102. The fourth-order valence-corrected chi connectivity index (χ4v) is 2.34. The Morgan fingerprint density at radius 3 is 3.00 bits per heavy atom. The predicted octanol–water partition coefficient (Wildman–Crippen LogP) is 1.06. The van der Waals surface area contributed by atoms with E-state index in [-0.39, 0.29) is 6.10 Å². The van der Waals surface area contributed by atoms with Crippen LogP contribution < -0.4 is 10.6 Å². The summed E-state index contributed by atoms with van der Waals surface area (Å²) >= 11 is 0. The highest BCUT2D eigenvalue weighted by Gasteiger charge is 2.26. The Morgan fingerprint density at radius 2 is 2.35 bits per heavy atom. The molecule has 1 aromatic rings. The molecule has 0 saturated carbocycles. The number of hydrogen-bond acceptors (Lipinski definition) is 4. The molecule has 2 unspecified atom stereocenters. The number of piperidine rings is 1. The molecule has 4 heteroatoms. The number of aromatic nitrogens is 1. The van der Waals surface area contributed by atoms with E-state index >= 15 is 0 Å². The molecule has 0 aliphatic carbocycles. The van der Waals surface area contributed by atoms with Gasteiger partial charge in [-0.2, -0.15) is 0 Å². The lowest BCUT2D eigenvalue weighted by Gasteiger charge is -2.36. The second-order valence-corrected chi connectivity index (χ2v) is 4.91. The van der Waals surface area contributed by atoms with Crippen LogP contribution >= 0.6 is 0 Å². The fraction of sp³-hybridized carbons (Fsp3) is 0.615. The van der Waals surface area contributed by atoms with Crippen LogP contribution in [-0.4, -0.2) is 29.3 Å². The Kier molecular flexibility index (Phi) is 3.64. The van der Waals surface area contributed by atoms with E-state index in [9.17, 15) is 5.11 Å². The van der Waals surface area contributed by atoms with Gasteiger partial charge in [0.25, 0.3) is 0 Å². The molecule has 0 radical (unpaired) electrons. The quantitative estimate of drug-likeness (QED) is 0.804. The lowest BCUT2D eigenvalue weighted by Crippen LogP contribution is -2.43. The highest BCUT2D eigenvalue weighted by molar-refractivity contribution is 5.50. The monoisotopic (exact) mass is 235 g/mol. The van der Waals surface area contributed by atoms with Crippen molar-refractivity contribution in [2.24, 2.45) is 11.7 Å². The van der Waals surface area contributed by atoms with Crippen molar-refractivity contribution < 1.29 is 5.11 Å². The number of aliphatic hydroxyl groups is 1. The van der Waals surface area contributed by atoms with Crippen molar-refractivity contribution >= 4 is 5.82 Å². The van der Waals surface area contributed by atoms with Crippen LogP contribution in [0, 0.1) is 12.8 Å². The minimum Gasteiger partial charge on any atom is -0.391 e. The van der Waals surface area contributed by atoms with Crippen molar-refractivity contribution in [3.63, 3.8) is 0 Å². The Morgan fingerprint density at radius 1 is 1.59 bits per heavy atom. The zero-order valence-electron chi connectivity index (χ0n) is 10.6. The van der Waals surface area contributed by atoms with Crippen LogP contribution in [0.4, 0.5) is 5.82 Å². The number of nitrogens with zero attached hydrogens (tertiary/aromatic N) is 2. The lowest BCUT2D eigenvalue weighted by atomic mass is 9.95. The first-order valence-corrected chi connectivity index (χ1v) is 6.21. The molecule has 1 aromatic heterocycles. The van der Waals surface area contributed by atoms with Gasteiger partial charge in [0.15, 0.2) is 0 Å². The van der Waals surface area contributed by atoms with E-state index in [4.69, 9.17) is 5.73 Å². The van der Waals surface area contributed by atoms with Crippen LogP contribution in [0.2, 0.25) is 0 Å². The number of β-amino-alcohol motifs (C(OH)–C–C–N with tert-alkyl or cyclic N) is 1. The van der Waals surface area contributed by atoms with Gasteiger partial charge >= 0.3 is 0 Å². The molecule has 17 heavy (non-hydrogen) atoms. The molecule has 1 fully saturated rings. The summed E-state index contributed by atoms with van der Waals surface area (Å²) in [4.78, 5) is 6.58. The number of rotatable bonds is 2. The molecular formula is C13H21N3O. The zero-order chi connectivity index (χ0) is 12.4. The van der Waals surface area contributed by atoms with Crippen LogP contribution in [0.1, 0.15) is 24.5 Å². The third-order valence-electron chi connectivity index (χ3n) is 3.69. The summed E-state index contributed by atoms with van der Waals surface area (Å²) in [6, 6.07) is 1.98. The van der Waals surface area contributed by atoms with Crippen LogP contribution in [-0.2, 0) is 6.54 Å². The maximum absolute atomic E-state index is 9.94. The summed E-state index contributed by atoms with van der Waals surface area (Å²) in [6.07, 6.45) is 2.55. The molecule has 0 amide bonds. The first kappa shape index (κ1) is 12.3. The predicted molar refractivity (Wildman–Crippen MR) is 68.9 cm³/mol. The molecule has 2 heterocycles. The molecule has 4 nitrogen and oxygen atoms in total. The zero-order valence-corrected chi connectivity index (χ0v) is 10.6. The Labute approximate surface area is 102 Å². The van der Waals surface area contributed by atoms with E-state index < -0.39 is 0 Å². The van der Waals surface area contributed by atoms with Gasteiger partial charge in [-0.25, -0.2) is 4.98 Å². The van der Waals surface area contributed by atoms with Crippen LogP contribution in [0.3, 0.4) is 0 Å². The number of hydrogen-bond donors (Lipinski definition) is 2. The highest BCUT2D eigenvalue weighted by Crippen LogP contribution is 2.25. The number of anilines is 1. The van der Waals surface area contributed by atoms with Gasteiger partial charge in [0.05, 0.1) is 6.10 Å². The minimum absolute atomic E-state index is 0.267. The summed E-state index contributed by atoms with van der Waals surface area (Å²) in [5, 5.41) is 9.94. The van der Waals surface area contributed by atoms with Crippen molar-refractivity contribution in [2.75, 3.05) is 18.0 Å². The second-order valence-electron chi connectivity index (χ2n) is 4.91. The molecule has 1 aliphatic rings. The molecule has 1 saturated heterocycles. The van der Waals surface area contributed by atoms with Gasteiger partial charge in [-0.3, -0.25) is 0 Å². The first-order valence-electron chi connectivity index (χ1n) is 6.21. The van der Waals surface area contributed by atoms with Crippen molar-refractivity contribution in [1.29, 1.82) is 0 Å². The van der Waals surface area contributed by atoms with E-state index in [0.29, 0.717) is 19.0 Å². The van der Waals surface area contributed by atoms with Crippen molar-refractivity contribution in [3.8, 4) is 0 Å². The smallest absolute Gasteiger partial charge is 0.133 e. The summed E-state index contributed by atoms with van der Waals surface area (Å²) in [6.45, 7) is 6.25.